The maximum absolute atomic E-state index is 14.5. The van der Waals surface area contributed by atoms with Crippen molar-refractivity contribution >= 4 is 31.7 Å². The predicted octanol–water partition coefficient (Wildman–Crippen LogP) is 7.42. The lowest BCUT2D eigenvalue weighted by Gasteiger charge is -2.37. The quantitative estimate of drug-likeness (QED) is 0.297. The molecule has 1 aromatic heterocycles. The van der Waals surface area contributed by atoms with Crippen molar-refractivity contribution in [1.29, 1.82) is 0 Å². The number of anilines is 1. The van der Waals surface area contributed by atoms with E-state index in [1.807, 2.05) is 63.2 Å². The lowest BCUT2D eigenvalue weighted by molar-refractivity contribution is 0.521. The number of nitrogens with zero attached hydrogens (tertiary/aromatic N) is 3. The van der Waals surface area contributed by atoms with Gasteiger partial charge in [-0.05, 0) is 81.6 Å². The zero-order valence-electron chi connectivity index (χ0n) is 19.9. The Hall–Kier alpha value is -2.81. The number of benzene rings is 3. The Morgan fingerprint density at radius 2 is 1.45 bits per heavy atom. The maximum atomic E-state index is 14.5. The highest BCUT2D eigenvalue weighted by Gasteiger charge is 2.42. The van der Waals surface area contributed by atoms with E-state index in [-0.39, 0.29) is 0 Å². The molecule has 0 N–H and O–H groups in total. The predicted molar refractivity (Wildman–Crippen MR) is 135 cm³/mol. The maximum Gasteiger partial charge on any atom is 0.937 e. The van der Waals surface area contributed by atoms with Crippen LogP contribution in [0, 0.1) is 20.8 Å². The van der Waals surface area contributed by atoms with Crippen molar-refractivity contribution in [3.63, 3.8) is 0 Å². The van der Waals surface area contributed by atoms with Crippen molar-refractivity contribution in [3.8, 4) is 22.6 Å². The van der Waals surface area contributed by atoms with Gasteiger partial charge < -0.3 is 10.9 Å². The summed E-state index contributed by atoms with van der Waals surface area (Å²) in [5.74, 6) is 0.455. The number of fused-ring (bicyclic) bond motifs is 1. The van der Waals surface area contributed by atoms with Crippen LogP contribution in [0.25, 0.3) is 33.4 Å². The highest BCUT2D eigenvalue weighted by molar-refractivity contribution is 6.49. The average Bonchev–Trinajstić information content (AvgIpc) is 2.71. The summed E-state index contributed by atoms with van der Waals surface area (Å²) in [5.41, 5.74) is 5.69. The standard InChI is InChI=1S/C27H28N3.Al.2FH/c1-17-13-18(2)25(19(3)14-17)23-11-12-28-26(29-23)22-15-20-9-7-8-10-21(20)16-24(22)30-27(4,5)6;;;/h7-16H,1-6H3;;2*1H/q-1;+3;;/p-2. The molecule has 0 radical (unpaired) electrons. The largest absolute Gasteiger partial charge is 0.937 e. The van der Waals surface area contributed by atoms with E-state index in [2.05, 4.69) is 37.9 Å². The summed E-state index contributed by atoms with van der Waals surface area (Å²) in [6.45, 7) is 11.7. The number of aromatic nitrogens is 2. The van der Waals surface area contributed by atoms with E-state index >= 15 is 0 Å². The molecule has 0 atom stereocenters. The van der Waals surface area contributed by atoms with Gasteiger partial charge in [0.05, 0.1) is 5.69 Å². The Morgan fingerprint density at radius 1 is 0.848 bits per heavy atom. The van der Waals surface area contributed by atoms with E-state index < -0.39 is 20.8 Å². The molecule has 4 aromatic rings. The zero-order valence-corrected chi connectivity index (χ0v) is 21.1. The SMILES string of the molecule is Cc1cc(C)c(-c2ccnc(-c3cc4ccccc4cc3[N]([Al]([F])[F])C(C)(C)C)n2)c(C)c1. The second kappa shape index (κ2) is 8.85. The Morgan fingerprint density at radius 3 is 2.03 bits per heavy atom. The minimum atomic E-state index is -4.19. The van der Waals surface area contributed by atoms with Gasteiger partial charge in [0.15, 0.2) is 5.82 Å². The summed E-state index contributed by atoms with van der Waals surface area (Å²) >= 11 is -4.19. The van der Waals surface area contributed by atoms with Crippen LogP contribution in [0.1, 0.15) is 37.5 Å². The van der Waals surface area contributed by atoms with Crippen LogP contribution in [-0.2, 0) is 0 Å². The van der Waals surface area contributed by atoms with E-state index in [0.717, 1.165) is 33.2 Å². The molecule has 168 valence electrons. The van der Waals surface area contributed by atoms with Gasteiger partial charge in [-0.3, -0.25) is 0 Å². The summed E-state index contributed by atoms with van der Waals surface area (Å²) in [6.07, 6.45) is 1.72. The highest BCUT2D eigenvalue weighted by atomic mass is 27.3. The number of halogens is 2. The molecular weight excluding hydrogens is 431 g/mol. The fourth-order valence-corrected chi connectivity index (χ4v) is 5.59. The molecule has 0 aliphatic carbocycles. The third-order valence-electron chi connectivity index (χ3n) is 5.87. The molecule has 0 unspecified atom stereocenters. The first-order valence-corrected chi connectivity index (χ1v) is 12.5. The topological polar surface area (TPSA) is 29.0 Å². The average molecular weight is 460 g/mol. The second-order valence-corrected chi connectivity index (χ2v) is 10.6. The first-order chi connectivity index (χ1) is 15.6. The van der Waals surface area contributed by atoms with E-state index in [9.17, 15) is 7.05 Å². The Kier molecular flexibility index (Phi) is 6.27. The van der Waals surface area contributed by atoms with E-state index in [4.69, 9.17) is 4.98 Å². The van der Waals surface area contributed by atoms with Crippen LogP contribution in [0.15, 0.2) is 60.8 Å². The molecule has 4 rings (SSSR count). The molecule has 0 aliphatic heterocycles. The molecule has 3 nitrogen and oxygen atoms in total. The molecule has 0 saturated carbocycles. The van der Waals surface area contributed by atoms with Crippen molar-refractivity contribution in [2.75, 3.05) is 3.88 Å². The Bertz CT molecular complexity index is 1310. The fourth-order valence-electron chi connectivity index (χ4n) is 4.58. The number of hydrogen-bond donors (Lipinski definition) is 0. The smallest absolute Gasteiger partial charge is 0.403 e. The number of hydrogen-bond acceptors (Lipinski definition) is 3. The van der Waals surface area contributed by atoms with Crippen LogP contribution in [0.5, 0.6) is 0 Å². The Balaban J connectivity index is 1.98. The van der Waals surface area contributed by atoms with Crippen LogP contribution in [0.4, 0.5) is 12.7 Å². The van der Waals surface area contributed by atoms with Crippen LogP contribution in [0.2, 0.25) is 0 Å². The summed E-state index contributed by atoms with van der Waals surface area (Å²) in [6, 6.07) is 17.8. The van der Waals surface area contributed by atoms with Crippen molar-refractivity contribution in [2.24, 2.45) is 0 Å². The third-order valence-corrected chi connectivity index (χ3v) is 7.31. The van der Waals surface area contributed by atoms with Crippen molar-refractivity contribution < 1.29 is 7.05 Å². The summed E-state index contributed by atoms with van der Waals surface area (Å²) in [7, 11) is 0. The summed E-state index contributed by atoms with van der Waals surface area (Å²) < 4.78 is 30.3. The second-order valence-electron chi connectivity index (χ2n) is 9.57. The van der Waals surface area contributed by atoms with Gasteiger partial charge in [-0.1, -0.05) is 42.0 Å². The van der Waals surface area contributed by atoms with E-state index in [0.29, 0.717) is 17.1 Å². The number of aryl methyl sites for hydroxylation is 3. The van der Waals surface area contributed by atoms with Crippen molar-refractivity contribution in [2.45, 2.75) is 47.1 Å². The van der Waals surface area contributed by atoms with Gasteiger partial charge in [0.25, 0.3) is 0 Å². The molecule has 1 heterocycles. The third kappa shape index (κ3) is 4.64. The fraction of sp³-hybridized carbons (Fsp3) is 0.259. The highest BCUT2D eigenvalue weighted by Crippen LogP contribution is 2.38. The Labute approximate surface area is 199 Å². The molecule has 0 spiro atoms. The molecule has 3 aromatic carbocycles. The normalized spacial score (nSPS) is 11.6. The first kappa shape index (κ1) is 23.4. The van der Waals surface area contributed by atoms with Crippen LogP contribution >= 0.6 is 0 Å². The minimum Gasteiger partial charge on any atom is -0.403 e. The zero-order chi connectivity index (χ0) is 23.9. The lowest BCUT2D eigenvalue weighted by Crippen LogP contribution is -2.48. The van der Waals surface area contributed by atoms with Gasteiger partial charge in [-0.15, -0.1) is 0 Å². The molecule has 0 bridgehead atoms. The summed E-state index contributed by atoms with van der Waals surface area (Å²) in [5, 5.41) is 1.89. The van der Waals surface area contributed by atoms with Gasteiger partial charge in [0, 0.05) is 28.6 Å². The van der Waals surface area contributed by atoms with Gasteiger partial charge >= 0.3 is 15.3 Å². The molecule has 0 amide bonds. The molecular formula is C27H28AlF2N3. The monoisotopic (exact) mass is 459 g/mol. The van der Waals surface area contributed by atoms with Crippen molar-refractivity contribution in [3.05, 3.63) is 77.5 Å². The van der Waals surface area contributed by atoms with Crippen LogP contribution in [0.3, 0.4) is 0 Å². The van der Waals surface area contributed by atoms with Gasteiger partial charge in [-0.25, -0.2) is 9.97 Å². The van der Waals surface area contributed by atoms with E-state index in [1.165, 1.54) is 9.45 Å². The van der Waals surface area contributed by atoms with E-state index in [1.54, 1.807) is 6.20 Å². The molecule has 0 saturated heterocycles. The lowest BCUT2D eigenvalue weighted by atomic mass is 9.97. The van der Waals surface area contributed by atoms with Gasteiger partial charge in [0.2, 0.25) is 0 Å². The van der Waals surface area contributed by atoms with Crippen LogP contribution < -0.4 is 3.88 Å². The molecule has 6 heteroatoms. The molecule has 0 fully saturated rings. The molecule has 33 heavy (non-hydrogen) atoms. The van der Waals surface area contributed by atoms with Crippen molar-refractivity contribution in [1.82, 2.24) is 9.97 Å². The van der Waals surface area contributed by atoms with Gasteiger partial charge in [0.1, 0.15) is 0 Å². The number of rotatable bonds is 4. The van der Waals surface area contributed by atoms with Crippen LogP contribution in [-0.4, -0.2) is 30.8 Å². The minimum absolute atomic E-state index is 0.455. The van der Waals surface area contributed by atoms with Gasteiger partial charge in [-0.2, -0.15) is 0 Å². The summed E-state index contributed by atoms with van der Waals surface area (Å²) in [4.78, 5) is 9.42. The molecule has 0 aliphatic rings. The first-order valence-electron chi connectivity index (χ1n) is 11.1.